The van der Waals surface area contributed by atoms with E-state index in [2.05, 4.69) is 162 Å². The van der Waals surface area contributed by atoms with Gasteiger partial charge < -0.3 is 4.57 Å². The Bertz CT molecular complexity index is 3590. The molecule has 0 N–H and O–H groups in total. The van der Waals surface area contributed by atoms with E-state index in [4.69, 9.17) is 15.0 Å². The Kier molecular flexibility index (Phi) is 8.13. The summed E-state index contributed by atoms with van der Waals surface area (Å²) in [7, 11) is 0. The molecule has 10 aromatic carbocycles. The summed E-state index contributed by atoms with van der Waals surface area (Å²) in [6.07, 6.45) is 0. The summed E-state index contributed by atoms with van der Waals surface area (Å²) in [5.74, 6) is 1.92. The molecule has 0 fully saturated rings. The molecule has 0 bridgehead atoms. The quantitative estimate of drug-likeness (QED) is 0.169. The van der Waals surface area contributed by atoms with Crippen molar-refractivity contribution in [3.63, 3.8) is 0 Å². The summed E-state index contributed by atoms with van der Waals surface area (Å²) < 4.78 is 2.37. The zero-order chi connectivity index (χ0) is 40.3. The van der Waals surface area contributed by atoms with Gasteiger partial charge >= 0.3 is 0 Å². The zero-order valence-electron chi connectivity index (χ0n) is 33.1. The van der Waals surface area contributed by atoms with Crippen molar-refractivity contribution >= 4 is 54.1 Å². The molecular weight excluding hydrogens is 741 g/mol. The number of rotatable bonds is 6. The number of hydrogen-bond acceptors (Lipinski definition) is 3. The molecule has 0 radical (unpaired) electrons. The van der Waals surface area contributed by atoms with E-state index in [1.165, 1.54) is 65.3 Å². The molecule has 2 heterocycles. The molecule has 2 aromatic heterocycles. The molecule has 12 aromatic rings. The van der Waals surface area contributed by atoms with Crippen LogP contribution in [0.25, 0.3) is 116 Å². The third-order valence-electron chi connectivity index (χ3n) is 12.0. The molecule has 0 saturated carbocycles. The van der Waals surface area contributed by atoms with Crippen molar-refractivity contribution in [2.75, 3.05) is 0 Å². The van der Waals surface area contributed by atoms with Crippen LogP contribution in [0.1, 0.15) is 0 Å². The average molecular weight is 777 g/mol. The third-order valence-corrected chi connectivity index (χ3v) is 12.0. The maximum atomic E-state index is 5.03. The largest absolute Gasteiger partial charge is 0.309 e. The molecule has 4 heteroatoms. The minimum Gasteiger partial charge on any atom is -0.309 e. The van der Waals surface area contributed by atoms with Crippen molar-refractivity contribution in [2.24, 2.45) is 0 Å². The van der Waals surface area contributed by atoms with Gasteiger partial charge in [0.15, 0.2) is 17.5 Å². The van der Waals surface area contributed by atoms with Gasteiger partial charge in [-0.1, -0.05) is 170 Å². The Morgan fingerprint density at radius 3 is 1.43 bits per heavy atom. The molecule has 284 valence electrons. The van der Waals surface area contributed by atoms with Crippen LogP contribution < -0.4 is 0 Å². The number of benzene rings is 10. The van der Waals surface area contributed by atoms with Crippen LogP contribution in [0.2, 0.25) is 0 Å². The monoisotopic (exact) mass is 776 g/mol. The van der Waals surface area contributed by atoms with Gasteiger partial charge in [0.25, 0.3) is 0 Å². The SMILES string of the molecule is c1ccc(-c2nc(-c3ccccc3)nc(-c3cccc(-n4c5ccccc5c5c6ccc(-c7ccc8ccc(-c9ccc%10ccccc%10c9)cc8c7)cc6ccc54)c3)n2)cc1. The van der Waals surface area contributed by atoms with E-state index in [1.54, 1.807) is 0 Å². The maximum Gasteiger partial charge on any atom is 0.164 e. The molecule has 4 nitrogen and oxygen atoms in total. The van der Waals surface area contributed by atoms with E-state index in [0.29, 0.717) is 17.5 Å². The fraction of sp³-hybridized carbons (Fsp3) is 0. The third kappa shape index (κ3) is 6.12. The Hall–Kier alpha value is -8.21. The Labute approximate surface area is 352 Å². The van der Waals surface area contributed by atoms with Gasteiger partial charge in [0, 0.05) is 33.2 Å². The summed E-state index contributed by atoms with van der Waals surface area (Å²) in [4.78, 5) is 15.0. The first-order chi connectivity index (χ1) is 30.2. The summed E-state index contributed by atoms with van der Waals surface area (Å²) >= 11 is 0. The van der Waals surface area contributed by atoms with Gasteiger partial charge in [-0.05, 0) is 103 Å². The van der Waals surface area contributed by atoms with E-state index in [0.717, 1.165) is 33.4 Å². The molecular formula is C57H36N4. The summed E-state index contributed by atoms with van der Waals surface area (Å²) in [5, 5.41) is 9.86. The van der Waals surface area contributed by atoms with Gasteiger partial charge in [-0.3, -0.25) is 0 Å². The minimum absolute atomic E-state index is 0.631. The molecule has 0 unspecified atom stereocenters. The Morgan fingerprint density at radius 2 is 0.754 bits per heavy atom. The van der Waals surface area contributed by atoms with Crippen molar-refractivity contribution in [1.29, 1.82) is 0 Å². The van der Waals surface area contributed by atoms with E-state index >= 15 is 0 Å². The Balaban J connectivity index is 0.951. The first-order valence-corrected chi connectivity index (χ1v) is 20.7. The molecule has 0 saturated heterocycles. The molecule has 0 aliphatic heterocycles. The second-order valence-corrected chi connectivity index (χ2v) is 15.7. The molecule has 0 aliphatic carbocycles. The van der Waals surface area contributed by atoms with E-state index in [-0.39, 0.29) is 0 Å². The highest BCUT2D eigenvalue weighted by Gasteiger charge is 2.18. The molecule has 61 heavy (non-hydrogen) atoms. The minimum atomic E-state index is 0.631. The lowest BCUT2D eigenvalue weighted by atomic mass is 9.95. The highest BCUT2D eigenvalue weighted by Crippen LogP contribution is 2.39. The normalized spacial score (nSPS) is 11.6. The lowest BCUT2D eigenvalue weighted by molar-refractivity contribution is 1.07. The highest BCUT2D eigenvalue weighted by atomic mass is 15.0. The molecule has 0 spiro atoms. The lowest BCUT2D eigenvalue weighted by Crippen LogP contribution is -2.01. The second-order valence-electron chi connectivity index (χ2n) is 15.7. The van der Waals surface area contributed by atoms with Crippen LogP contribution in [0.15, 0.2) is 218 Å². The van der Waals surface area contributed by atoms with Crippen molar-refractivity contribution < 1.29 is 0 Å². The zero-order valence-corrected chi connectivity index (χ0v) is 33.1. The van der Waals surface area contributed by atoms with E-state index in [9.17, 15) is 0 Å². The van der Waals surface area contributed by atoms with E-state index in [1.807, 2.05) is 60.7 Å². The molecule has 0 amide bonds. The number of para-hydroxylation sites is 1. The number of fused-ring (bicyclic) bond motifs is 7. The Morgan fingerprint density at radius 1 is 0.262 bits per heavy atom. The van der Waals surface area contributed by atoms with Gasteiger partial charge in [-0.25, -0.2) is 15.0 Å². The van der Waals surface area contributed by atoms with Crippen LogP contribution in [0.4, 0.5) is 0 Å². The predicted octanol–water partition coefficient (Wildman–Crippen LogP) is 14.8. The van der Waals surface area contributed by atoms with Crippen LogP contribution in [-0.4, -0.2) is 19.5 Å². The van der Waals surface area contributed by atoms with Crippen LogP contribution in [-0.2, 0) is 0 Å². The summed E-state index contributed by atoms with van der Waals surface area (Å²) in [6.45, 7) is 0. The van der Waals surface area contributed by atoms with Gasteiger partial charge in [-0.2, -0.15) is 0 Å². The number of aromatic nitrogens is 4. The van der Waals surface area contributed by atoms with Crippen molar-refractivity contribution in [1.82, 2.24) is 19.5 Å². The maximum absolute atomic E-state index is 5.03. The van der Waals surface area contributed by atoms with Crippen LogP contribution in [0.3, 0.4) is 0 Å². The van der Waals surface area contributed by atoms with E-state index < -0.39 is 0 Å². The van der Waals surface area contributed by atoms with Gasteiger partial charge in [0.1, 0.15) is 0 Å². The van der Waals surface area contributed by atoms with Gasteiger partial charge in [-0.15, -0.1) is 0 Å². The van der Waals surface area contributed by atoms with Crippen LogP contribution >= 0.6 is 0 Å². The first-order valence-electron chi connectivity index (χ1n) is 20.7. The second kappa shape index (κ2) is 14.3. The fourth-order valence-electron chi connectivity index (χ4n) is 8.95. The topological polar surface area (TPSA) is 43.6 Å². The summed E-state index contributed by atoms with van der Waals surface area (Å²) in [6, 6.07) is 77.9. The smallest absolute Gasteiger partial charge is 0.164 e. The molecule has 12 rings (SSSR count). The predicted molar refractivity (Wildman–Crippen MR) is 254 cm³/mol. The van der Waals surface area contributed by atoms with Crippen molar-refractivity contribution in [2.45, 2.75) is 0 Å². The van der Waals surface area contributed by atoms with Crippen LogP contribution in [0.5, 0.6) is 0 Å². The van der Waals surface area contributed by atoms with Crippen molar-refractivity contribution in [3.05, 3.63) is 218 Å². The number of nitrogens with zero attached hydrogens (tertiary/aromatic N) is 4. The standard InChI is InChI=1S/C57H36N4/c1-3-13-39(14-4-1)55-58-56(40-15-5-2-6-16-40)60-57(59-55)47-18-11-19-49(36-47)61-52-21-10-9-20-51(52)54-50-30-28-45(33-46(50)29-31-53(54)61)44-27-24-38-23-26-43(34-48(38)35-44)42-25-22-37-12-7-8-17-41(37)32-42/h1-36H. The lowest BCUT2D eigenvalue weighted by Gasteiger charge is -2.12. The average Bonchev–Trinajstić information content (AvgIpc) is 3.68. The number of hydrogen-bond donors (Lipinski definition) is 0. The highest BCUT2D eigenvalue weighted by molar-refractivity contribution is 6.21. The van der Waals surface area contributed by atoms with Crippen molar-refractivity contribution in [3.8, 4) is 62.1 Å². The fourth-order valence-corrected chi connectivity index (χ4v) is 8.95. The summed E-state index contributed by atoms with van der Waals surface area (Å²) in [5.41, 5.74) is 11.0. The van der Waals surface area contributed by atoms with Gasteiger partial charge in [0.2, 0.25) is 0 Å². The van der Waals surface area contributed by atoms with Gasteiger partial charge in [0.05, 0.1) is 11.0 Å². The van der Waals surface area contributed by atoms with Crippen LogP contribution in [0, 0.1) is 0 Å². The molecule has 0 atom stereocenters. The first kappa shape index (κ1) is 34.8. The molecule has 0 aliphatic rings.